The van der Waals surface area contributed by atoms with Gasteiger partial charge >= 0.3 is 12.2 Å². The van der Waals surface area contributed by atoms with Crippen LogP contribution in [-0.2, 0) is 120 Å². The van der Waals surface area contributed by atoms with Crippen LogP contribution in [0.15, 0.2) is 59.3 Å². The molecule has 48 heteroatoms. The van der Waals surface area contributed by atoms with Gasteiger partial charge in [-0.05, 0) is 150 Å². The van der Waals surface area contributed by atoms with E-state index in [0.29, 0.717) is 66.2 Å². The number of carbonyl (C=O) groups is 9. The molecule has 0 radical (unpaired) electrons. The number of ether oxygens (including phenoxy) is 16. The molecule has 814 valence electrons. The van der Waals surface area contributed by atoms with Gasteiger partial charge < -0.3 is 133 Å². The molecular formula is C98H143IN10O32S5. The number of alkyl carbamates (subject to hydrolysis) is 2. The zero-order valence-electron chi connectivity index (χ0n) is 85.7. The van der Waals surface area contributed by atoms with E-state index >= 15 is 0 Å². The van der Waals surface area contributed by atoms with Crippen LogP contribution >= 0.6 is 79.5 Å². The molecule has 5 heterocycles. The number of nitrogens with zero attached hydrogens (tertiary/aromatic N) is 4. The smallest absolute Gasteiger partial charge is 0.411 e. The number of thioether (sulfide) groups is 3. The number of aromatic nitrogens is 3. The summed E-state index contributed by atoms with van der Waals surface area (Å²) in [5.41, 5.74) is 5.83. The normalized spacial score (nSPS) is 24.7. The van der Waals surface area contributed by atoms with E-state index in [1.165, 1.54) is 67.1 Å². The van der Waals surface area contributed by atoms with Crippen molar-refractivity contribution in [2.24, 2.45) is 11.8 Å². The largest absolute Gasteiger partial charge is 0.492 e. The molecule has 17 unspecified atom stereocenters. The predicted octanol–water partition coefficient (Wildman–Crippen LogP) is 6.91. The minimum Gasteiger partial charge on any atom is -0.492 e. The van der Waals surface area contributed by atoms with Gasteiger partial charge in [-0.1, -0.05) is 95.3 Å². The first-order valence-corrected chi connectivity index (χ1v) is 55.1. The van der Waals surface area contributed by atoms with Gasteiger partial charge in [0, 0.05) is 112 Å². The Bertz CT molecular complexity index is 4970. The number of carbonyl (C=O) groups excluding carboxylic acids is 9. The Morgan fingerprint density at radius 3 is 2.12 bits per heavy atom. The highest BCUT2D eigenvalue weighted by Gasteiger charge is 2.52. The molecule has 21 atom stereocenters. The number of methoxy groups -OCH3 is 5. The van der Waals surface area contributed by atoms with Gasteiger partial charge in [0.25, 0.3) is 0 Å². The number of allylic oxidation sites excluding steroid dienone is 3. The Hall–Kier alpha value is -7.53. The van der Waals surface area contributed by atoms with E-state index < -0.39 is 180 Å². The summed E-state index contributed by atoms with van der Waals surface area (Å²) in [5, 5.41) is 88.9. The van der Waals surface area contributed by atoms with Crippen LogP contribution in [0.25, 0.3) is 0 Å². The maximum Gasteiger partial charge on any atom is 0.411 e. The maximum absolute atomic E-state index is 14.8. The first-order valence-electron chi connectivity index (χ1n) is 48.1. The van der Waals surface area contributed by atoms with E-state index in [1.54, 1.807) is 102 Å². The predicted molar refractivity (Wildman–Crippen MR) is 555 cm³/mol. The van der Waals surface area contributed by atoms with E-state index in [4.69, 9.17) is 85.7 Å². The lowest BCUT2D eigenvalue weighted by Gasteiger charge is -2.47. The third kappa shape index (κ3) is 36.6. The molecule has 4 fully saturated rings. The lowest BCUT2D eigenvalue weighted by molar-refractivity contribution is -0.337. The van der Waals surface area contributed by atoms with Gasteiger partial charge in [0.05, 0.1) is 160 Å². The van der Waals surface area contributed by atoms with E-state index in [1.807, 2.05) is 67.5 Å². The highest BCUT2D eigenvalue weighted by atomic mass is 127. The molecule has 6 amide bonds. The number of benzene rings is 2. The topological polar surface area (TPSA) is 538 Å². The zero-order valence-corrected chi connectivity index (χ0v) is 92.0. The van der Waals surface area contributed by atoms with Gasteiger partial charge in [-0.2, -0.15) is 29.0 Å². The molecule has 1 aromatic heterocycles. The molecule has 4 saturated heterocycles. The Morgan fingerprint density at radius 1 is 0.774 bits per heavy atom. The first kappa shape index (κ1) is 124. The summed E-state index contributed by atoms with van der Waals surface area (Å²) in [6.07, 6.45) is -14.4. The molecule has 0 bridgehead atoms. The van der Waals surface area contributed by atoms with E-state index in [2.05, 4.69) is 66.1 Å². The van der Waals surface area contributed by atoms with Crippen molar-refractivity contribution in [2.75, 3.05) is 132 Å². The number of hydrogen-bond acceptors (Lipinski definition) is 40. The number of likely N-dealkylation sites (N-methyl/N-ethyl adjacent to an activating group) is 1. The Kier molecular flexibility index (Phi) is 53.4. The first-order chi connectivity index (χ1) is 69.8. The van der Waals surface area contributed by atoms with Gasteiger partial charge in [-0.15, -0.1) is 11.0 Å². The van der Waals surface area contributed by atoms with Gasteiger partial charge in [-0.25, -0.2) is 14.3 Å². The molecule has 0 saturated carbocycles. The lowest BCUT2D eigenvalue weighted by Crippen LogP contribution is -2.65. The van der Waals surface area contributed by atoms with E-state index in [9.17, 15) is 68.7 Å². The SMILES string of the molecule is CC#C/C=C\C#C[C@H](OC1OC(C)C(NOC2CC(O)C(SC(=O)c3c(C)c(I)c(OC4OC(C)C(O)C(OC)C4O)c(OC)c3OC)C(C)O2)C(O)C1OC1CC(OC)C(N(CC)C(=O)CNC(=O)OCc2ccc(NC(=O)[C@H](C)CC(=O)[C@@H](NC(=O)CCCn3nnc(CSC)c3CSC)C(C)C)cc2)CO1)C1=C(NC(=O)OC)C(=O)C[C@H](O)/C1=C/CSSC(C)(C)CCC(=O)NCCOCCOCCOCCO. The molecule has 0 spiro atoms. The molecule has 1 aliphatic carbocycles. The van der Waals surface area contributed by atoms with Crippen molar-refractivity contribution in [1.82, 2.24) is 46.6 Å². The average molecular weight is 2260 g/mol. The number of ketones is 2. The number of anilines is 1. The Balaban J connectivity index is 0.967. The summed E-state index contributed by atoms with van der Waals surface area (Å²) in [5.74, 6) is 9.63. The maximum atomic E-state index is 14.8. The monoisotopic (exact) mass is 2260 g/mol. The van der Waals surface area contributed by atoms with Crippen molar-refractivity contribution in [3.63, 3.8) is 0 Å². The third-order valence-electron chi connectivity index (χ3n) is 24.3. The molecule has 3 aromatic rings. The van der Waals surface area contributed by atoms with Crippen molar-refractivity contribution in [1.29, 1.82) is 0 Å². The van der Waals surface area contributed by atoms with Crippen LogP contribution in [0.5, 0.6) is 17.2 Å². The second-order valence-corrected chi connectivity index (χ2v) is 42.7. The second-order valence-electron chi connectivity index (χ2n) is 35.7. The fraction of sp³-hybridized carbons (Fsp3) is 0.663. The number of hydroxylamine groups is 1. The fourth-order valence-corrected chi connectivity index (χ4v) is 21.7. The number of amides is 6. The fourth-order valence-electron chi connectivity index (χ4n) is 16.4. The van der Waals surface area contributed by atoms with Crippen molar-refractivity contribution in [3.8, 4) is 40.9 Å². The molecule has 2 aromatic carbocycles. The summed E-state index contributed by atoms with van der Waals surface area (Å²) >= 11 is 6.07. The van der Waals surface area contributed by atoms with Crippen molar-refractivity contribution in [2.45, 2.75) is 279 Å². The van der Waals surface area contributed by atoms with Crippen LogP contribution in [0.4, 0.5) is 15.3 Å². The highest BCUT2D eigenvalue weighted by molar-refractivity contribution is 14.1. The summed E-state index contributed by atoms with van der Waals surface area (Å²) in [6.45, 7) is 20.5. The minimum absolute atomic E-state index is 0.0183. The number of aliphatic hydroxyl groups excluding tert-OH is 6. The zero-order chi connectivity index (χ0) is 107. The van der Waals surface area contributed by atoms with Crippen molar-refractivity contribution >= 4 is 138 Å². The van der Waals surface area contributed by atoms with Crippen LogP contribution in [0.2, 0.25) is 0 Å². The molecule has 4 aliphatic heterocycles. The molecule has 8 rings (SSSR count). The minimum atomic E-state index is -1.76. The van der Waals surface area contributed by atoms with Crippen LogP contribution in [0.3, 0.4) is 0 Å². The number of hydrogen-bond donors (Lipinski definition) is 12. The Labute approximate surface area is 886 Å². The van der Waals surface area contributed by atoms with Crippen molar-refractivity contribution in [3.05, 3.63) is 91.0 Å². The summed E-state index contributed by atoms with van der Waals surface area (Å²) in [6, 6.07) is 3.53. The van der Waals surface area contributed by atoms with E-state index in [-0.39, 0.29) is 147 Å². The second kappa shape index (κ2) is 63.1. The van der Waals surface area contributed by atoms with Crippen molar-refractivity contribution < 1.29 is 154 Å². The standard InChI is InChI=1S/C98H143IN10O32S5/c1-19-21-22-23-24-26-70(78-62(66(111)46-68(113)82(78)104-97(124)129-16)33-44-144-146-98(10,11)34-32-72(115)100-35-38-130-40-42-132-43-41-131-39-37-110)138-95-89(84(119)81(57(7)136-95)106-141-76-47-69(114)91(59(9)135-76)145-93(122)77-56(6)79(99)87(90(128-15)86(77)126-13)140-94-85(120)88(127-14)83(118)58(8)137-94)139-75-48-71(125-12)64(51-133-75)108(20-2)74(117)49-101-96(123)134-50-60-28-30-61(31-29-60)102-92(121)55(5)45-67(112)80(54(3)4)103-73(116)27-25-36-109-65(53-143-18)63(52-142-17)105-107-109/h22-23,28-31,33,54-55,57-59,64,66,69-71,75-76,80-81,83-85,88-89,91,94-95,106,110-111,114,118-120H,20,25,27,32,34-53H2,1-18H3,(H,100,115)(H,101,123)(H,102,121)(H,103,116)(H,104,124)/b23-22-,62-33-/t55-,57?,58?,59?,64?,66+,69?,70+,71?,75?,76?,80+,81?,83?,84?,85?,88?,89?,91?,94?,95?/m1/s1. The molecule has 5 aliphatic rings. The third-order valence-corrected chi connectivity index (χ3v) is 31.3. The van der Waals surface area contributed by atoms with Crippen LogP contribution in [0, 0.1) is 46.0 Å². The molecule has 146 heavy (non-hydrogen) atoms. The number of aryl methyl sites for hydroxylation is 1. The summed E-state index contributed by atoms with van der Waals surface area (Å²) in [4.78, 5) is 131. The summed E-state index contributed by atoms with van der Waals surface area (Å²) < 4.78 is 97.1. The Morgan fingerprint density at radius 2 is 1.47 bits per heavy atom. The molecule has 12 N–H and O–H groups in total. The lowest BCUT2D eigenvalue weighted by atomic mass is 9.84. The van der Waals surface area contributed by atoms with Crippen LogP contribution in [-0.4, -0.2) is 356 Å². The number of nitrogens with one attached hydrogen (secondary N) is 6. The van der Waals surface area contributed by atoms with Crippen LogP contribution < -0.4 is 46.3 Å². The summed E-state index contributed by atoms with van der Waals surface area (Å²) in [7, 11) is 9.34. The van der Waals surface area contributed by atoms with E-state index in [0.717, 1.165) is 41.8 Å². The van der Waals surface area contributed by atoms with Gasteiger partial charge in [0.15, 0.2) is 41.9 Å². The van der Waals surface area contributed by atoms with Gasteiger partial charge in [0.1, 0.15) is 49.8 Å². The van der Waals surface area contributed by atoms with Gasteiger partial charge in [0.2, 0.25) is 40.8 Å². The molecular weight excluding hydrogens is 2120 g/mol. The number of rotatable bonds is 56. The quantitative estimate of drug-likeness (QED) is 0.00897. The number of Topliss-reactive ketones (excluding diaryl/α,β-unsaturated/α-hetero) is 2. The number of halogens is 1. The average Bonchev–Trinajstić information content (AvgIpc) is 1.04. The van der Waals surface area contributed by atoms with Gasteiger partial charge in [-0.3, -0.25) is 43.7 Å². The molecule has 42 nitrogen and oxygen atoms in total. The van der Waals surface area contributed by atoms with Crippen LogP contribution in [0.1, 0.15) is 153 Å². The highest BCUT2D eigenvalue weighted by Crippen LogP contribution is 2.50. The number of aliphatic hydroxyl groups is 6.